The lowest BCUT2D eigenvalue weighted by Gasteiger charge is -2.31. The third-order valence-electron chi connectivity index (χ3n) is 2.65. The number of phenolic OH excluding ortho intramolecular Hbond substituents is 1. The maximum atomic E-state index is 13.7. The molecule has 1 saturated heterocycles. The third kappa shape index (κ3) is 2.79. The molecule has 0 saturated carbocycles. The van der Waals surface area contributed by atoms with Crippen LogP contribution in [0, 0.1) is 0 Å². The van der Waals surface area contributed by atoms with Crippen LogP contribution in [0.25, 0.3) is 0 Å². The first-order valence-corrected chi connectivity index (χ1v) is 5.62. The van der Waals surface area contributed by atoms with Gasteiger partial charge in [-0.2, -0.15) is 0 Å². The molecular formula is C12H11F2NO5. The summed E-state index contributed by atoms with van der Waals surface area (Å²) in [5, 5.41) is 11.6. The Morgan fingerprint density at radius 3 is 2.85 bits per heavy atom. The summed E-state index contributed by atoms with van der Waals surface area (Å²) in [6.45, 7) is 0.0934. The number of hydrogen-bond acceptors (Lipinski definition) is 5. The van der Waals surface area contributed by atoms with Crippen molar-refractivity contribution in [3.63, 3.8) is 0 Å². The van der Waals surface area contributed by atoms with Gasteiger partial charge < -0.3 is 19.9 Å². The van der Waals surface area contributed by atoms with Crippen LogP contribution >= 0.6 is 0 Å². The lowest BCUT2D eigenvalue weighted by atomic mass is 9.99. The highest BCUT2D eigenvalue weighted by molar-refractivity contribution is 5.71. The summed E-state index contributed by atoms with van der Waals surface area (Å²) in [5.41, 5.74) is -0.0277. The molecule has 1 fully saturated rings. The van der Waals surface area contributed by atoms with E-state index in [0.29, 0.717) is 0 Å². The van der Waals surface area contributed by atoms with Crippen LogP contribution in [0.5, 0.6) is 11.5 Å². The Hall–Kier alpha value is -2.38. The van der Waals surface area contributed by atoms with Gasteiger partial charge in [0.05, 0.1) is 0 Å². The quantitative estimate of drug-likeness (QED) is 0.639. The average molecular weight is 287 g/mol. The van der Waals surface area contributed by atoms with Gasteiger partial charge in [0.15, 0.2) is 18.1 Å². The molecule has 0 aromatic heterocycles. The minimum absolute atomic E-state index is 0.0277. The predicted molar refractivity (Wildman–Crippen MR) is 61.6 cm³/mol. The predicted octanol–water partition coefficient (Wildman–Crippen LogP) is 1.73. The van der Waals surface area contributed by atoms with E-state index in [1.807, 2.05) is 5.32 Å². The monoisotopic (exact) mass is 287 g/mol. The number of phenols is 1. The van der Waals surface area contributed by atoms with Gasteiger partial charge in [-0.3, -0.25) is 4.79 Å². The topological polar surface area (TPSA) is 84.9 Å². The molecule has 1 aromatic carbocycles. The molecule has 1 atom stereocenters. The number of aromatic hydroxyl groups is 1. The van der Waals surface area contributed by atoms with Crippen molar-refractivity contribution >= 4 is 12.1 Å². The van der Waals surface area contributed by atoms with Crippen molar-refractivity contribution < 1.29 is 33.0 Å². The largest absolute Gasteiger partial charge is 0.504 e. The summed E-state index contributed by atoms with van der Waals surface area (Å²) in [6, 6.07) is 1.77. The molecule has 1 heterocycles. The standard InChI is InChI=1S/C12H11F2NO5/c1-6(16)20-9-3-2-7(4-8(9)17)10-12(13,14)5-19-11(18)15-10/h2-4,10,17H,5H2,1H3,(H,15,18)/t10-/m0/s1. The minimum Gasteiger partial charge on any atom is -0.504 e. The van der Waals surface area contributed by atoms with Gasteiger partial charge in [-0.15, -0.1) is 0 Å². The van der Waals surface area contributed by atoms with E-state index in [2.05, 4.69) is 9.47 Å². The molecule has 0 aliphatic carbocycles. The first kappa shape index (κ1) is 14.0. The second-order valence-corrected chi connectivity index (χ2v) is 4.24. The van der Waals surface area contributed by atoms with E-state index in [1.54, 1.807) is 0 Å². The van der Waals surface area contributed by atoms with E-state index in [1.165, 1.54) is 12.1 Å². The summed E-state index contributed by atoms with van der Waals surface area (Å²) in [7, 11) is 0. The lowest BCUT2D eigenvalue weighted by molar-refractivity contribution is -0.132. The molecule has 0 spiro atoms. The molecule has 1 amide bonds. The number of carbonyl (C=O) groups excluding carboxylic acids is 2. The molecule has 1 aliphatic heterocycles. The molecule has 2 rings (SSSR count). The van der Waals surface area contributed by atoms with Crippen LogP contribution in [-0.4, -0.2) is 29.7 Å². The summed E-state index contributed by atoms with van der Waals surface area (Å²) >= 11 is 0. The van der Waals surface area contributed by atoms with E-state index in [0.717, 1.165) is 13.0 Å². The number of benzene rings is 1. The van der Waals surface area contributed by atoms with E-state index >= 15 is 0 Å². The van der Waals surface area contributed by atoms with Crippen LogP contribution in [0.3, 0.4) is 0 Å². The number of alkyl halides is 2. The highest BCUT2D eigenvalue weighted by atomic mass is 19.3. The zero-order valence-electron chi connectivity index (χ0n) is 10.4. The Bertz CT molecular complexity index is 561. The lowest BCUT2D eigenvalue weighted by Crippen LogP contribution is -2.49. The van der Waals surface area contributed by atoms with Crippen molar-refractivity contribution in [3.05, 3.63) is 23.8 Å². The number of carbonyl (C=O) groups is 2. The van der Waals surface area contributed by atoms with Gasteiger partial charge in [0.2, 0.25) is 0 Å². The molecule has 0 radical (unpaired) electrons. The molecule has 8 heteroatoms. The van der Waals surface area contributed by atoms with Crippen molar-refractivity contribution in [2.24, 2.45) is 0 Å². The maximum absolute atomic E-state index is 13.7. The van der Waals surface area contributed by atoms with Crippen molar-refractivity contribution in [3.8, 4) is 11.5 Å². The smallest absolute Gasteiger partial charge is 0.408 e. The minimum atomic E-state index is -3.32. The number of halogens is 2. The van der Waals surface area contributed by atoms with Gasteiger partial charge in [0.1, 0.15) is 6.04 Å². The van der Waals surface area contributed by atoms with Gasteiger partial charge in [-0.05, 0) is 17.7 Å². The van der Waals surface area contributed by atoms with Crippen molar-refractivity contribution in [2.75, 3.05) is 6.61 Å². The van der Waals surface area contributed by atoms with Crippen molar-refractivity contribution in [2.45, 2.75) is 18.9 Å². The van der Waals surface area contributed by atoms with Crippen LogP contribution in [-0.2, 0) is 9.53 Å². The number of ether oxygens (including phenoxy) is 2. The van der Waals surface area contributed by atoms with Gasteiger partial charge in [0, 0.05) is 6.92 Å². The fraction of sp³-hybridized carbons (Fsp3) is 0.333. The second-order valence-electron chi connectivity index (χ2n) is 4.24. The zero-order valence-corrected chi connectivity index (χ0v) is 10.4. The van der Waals surface area contributed by atoms with E-state index in [-0.39, 0.29) is 11.3 Å². The normalized spacial score (nSPS) is 20.8. The van der Waals surface area contributed by atoms with Crippen LogP contribution in [0.2, 0.25) is 0 Å². The SMILES string of the molecule is CC(=O)Oc1ccc([C@@H]2NC(=O)OCC2(F)F)cc1O. The number of esters is 1. The van der Waals surface area contributed by atoms with E-state index in [9.17, 15) is 23.5 Å². The summed E-state index contributed by atoms with van der Waals surface area (Å²) in [6.07, 6.45) is -0.968. The Kier molecular flexibility index (Phi) is 3.47. The first-order chi connectivity index (χ1) is 9.29. The van der Waals surface area contributed by atoms with Crippen LogP contribution < -0.4 is 10.1 Å². The first-order valence-electron chi connectivity index (χ1n) is 5.62. The second kappa shape index (κ2) is 4.95. The molecule has 1 aromatic rings. The summed E-state index contributed by atoms with van der Waals surface area (Å²) in [5.74, 6) is -4.60. The van der Waals surface area contributed by atoms with Crippen LogP contribution in [0.4, 0.5) is 13.6 Å². The molecule has 6 nitrogen and oxygen atoms in total. The highest BCUT2D eigenvalue weighted by Crippen LogP contribution is 2.37. The maximum Gasteiger partial charge on any atom is 0.408 e. The Balaban J connectivity index is 2.30. The molecule has 0 unspecified atom stereocenters. The van der Waals surface area contributed by atoms with Crippen LogP contribution in [0.15, 0.2) is 18.2 Å². The molecular weight excluding hydrogens is 276 g/mol. The van der Waals surface area contributed by atoms with Crippen molar-refractivity contribution in [1.82, 2.24) is 5.32 Å². The molecule has 1 aliphatic rings. The molecule has 108 valence electrons. The van der Waals surface area contributed by atoms with Crippen LogP contribution in [0.1, 0.15) is 18.5 Å². The third-order valence-corrected chi connectivity index (χ3v) is 2.65. The Morgan fingerprint density at radius 1 is 1.55 bits per heavy atom. The molecule has 0 bridgehead atoms. The average Bonchev–Trinajstić information content (AvgIpc) is 2.34. The summed E-state index contributed by atoms with van der Waals surface area (Å²) < 4.78 is 36.2. The number of nitrogens with one attached hydrogen (secondary N) is 1. The van der Waals surface area contributed by atoms with Gasteiger partial charge in [0.25, 0.3) is 0 Å². The van der Waals surface area contributed by atoms with Gasteiger partial charge >= 0.3 is 18.0 Å². The number of rotatable bonds is 2. The van der Waals surface area contributed by atoms with Gasteiger partial charge in [-0.25, -0.2) is 13.6 Å². The Labute approximate surface area is 112 Å². The fourth-order valence-electron chi connectivity index (χ4n) is 1.79. The Morgan fingerprint density at radius 2 is 2.25 bits per heavy atom. The van der Waals surface area contributed by atoms with Gasteiger partial charge in [-0.1, -0.05) is 6.07 Å². The highest BCUT2D eigenvalue weighted by Gasteiger charge is 2.46. The molecule has 20 heavy (non-hydrogen) atoms. The van der Waals surface area contributed by atoms with Crippen molar-refractivity contribution in [1.29, 1.82) is 0 Å². The zero-order chi connectivity index (χ0) is 14.9. The number of alkyl carbamates (subject to hydrolysis) is 1. The molecule has 2 N–H and O–H groups in total. The van der Waals surface area contributed by atoms with E-state index < -0.39 is 36.4 Å². The number of hydrogen-bond donors (Lipinski definition) is 2. The van der Waals surface area contributed by atoms with E-state index in [4.69, 9.17) is 0 Å². The number of amides is 1. The summed E-state index contributed by atoms with van der Waals surface area (Å²) in [4.78, 5) is 21.8. The fourth-order valence-corrected chi connectivity index (χ4v) is 1.79. The number of cyclic esters (lactones) is 1.